The van der Waals surface area contributed by atoms with Crippen molar-refractivity contribution in [2.75, 3.05) is 24.5 Å². The monoisotopic (exact) mass is 571 g/mol. The zero-order valence-corrected chi connectivity index (χ0v) is 24.1. The molecule has 8 nitrogen and oxygen atoms in total. The number of rotatable bonds is 12. The van der Waals surface area contributed by atoms with Crippen LogP contribution in [0.5, 0.6) is 5.75 Å². The van der Waals surface area contributed by atoms with Crippen LogP contribution in [0, 0.1) is 6.92 Å². The number of likely N-dealkylation sites (N-methyl/N-ethyl adjacent to an activating group) is 1. The van der Waals surface area contributed by atoms with Crippen molar-refractivity contribution in [1.29, 1.82) is 0 Å². The van der Waals surface area contributed by atoms with Crippen LogP contribution in [0.25, 0.3) is 0 Å². The summed E-state index contributed by atoms with van der Waals surface area (Å²) in [4.78, 5) is 28.4. The summed E-state index contributed by atoms with van der Waals surface area (Å²) in [5.74, 6) is -0.438. The number of methoxy groups -OCH3 is 1. The van der Waals surface area contributed by atoms with E-state index in [0.29, 0.717) is 29.3 Å². The van der Waals surface area contributed by atoms with E-state index in [1.807, 2.05) is 6.92 Å². The number of carbonyl (C=O) groups is 2. The average Bonchev–Trinajstić information content (AvgIpc) is 2.92. The minimum Gasteiger partial charge on any atom is -0.497 e. The first-order valence-electron chi connectivity index (χ1n) is 12.7. The fraction of sp³-hybridized carbons (Fsp3) is 0.310. The van der Waals surface area contributed by atoms with Gasteiger partial charge in [0, 0.05) is 24.2 Å². The molecule has 0 unspecified atom stereocenters. The number of anilines is 1. The number of sulfonamides is 1. The largest absolute Gasteiger partial charge is 0.497 e. The third kappa shape index (κ3) is 7.30. The fourth-order valence-corrected chi connectivity index (χ4v) is 5.75. The molecule has 0 saturated heterocycles. The lowest BCUT2D eigenvalue weighted by Gasteiger charge is -2.33. The molecule has 0 radical (unpaired) electrons. The molecule has 2 amide bonds. The summed E-state index contributed by atoms with van der Waals surface area (Å²) in [6.45, 7) is 5.34. The summed E-state index contributed by atoms with van der Waals surface area (Å²) in [5, 5.41) is 3.22. The molecule has 0 aliphatic rings. The number of ether oxygens (including phenoxy) is 1. The second kappa shape index (κ2) is 13.5. The maximum atomic E-state index is 14.0. The summed E-state index contributed by atoms with van der Waals surface area (Å²) in [6.07, 6.45) is 0.325. The number of nitrogens with one attached hydrogen (secondary N) is 1. The molecular formula is C29H34ClN3O5S. The Morgan fingerprint density at radius 2 is 1.69 bits per heavy atom. The van der Waals surface area contributed by atoms with Gasteiger partial charge >= 0.3 is 0 Å². The third-order valence-electron chi connectivity index (χ3n) is 6.26. The average molecular weight is 572 g/mol. The lowest BCUT2D eigenvalue weighted by atomic mass is 10.1. The van der Waals surface area contributed by atoms with E-state index in [0.717, 1.165) is 9.87 Å². The first-order valence-corrected chi connectivity index (χ1v) is 14.5. The summed E-state index contributed by atoms with van der Waals surface area (Å²) in [6, 6.07) is 19.1. The number of amides is 2. The van der Waals surface area contributed by atoms with Crippen LogP contribution < -0.4 is 14.4 Å². The number of halogens is 1. The van der Waals surface area contributed by atoms with Crippen molar-refractivity contribution in [3.05, 3.63) is 88.9 Å². The smallest absolute Gasteiger partial charge is 0.264 e. The number of hydrogen-bond donors (Lipinski definition) is 1. The summed E-state index contributed by atoms with van der Waals surface area (Å²) >= 11 is 6.40. The SMILES string of the molecule is CCNC(=O)[C@@H](CC)N(Cc1ccccc1Cl)C(=O)CN(c1cccc(OC)c1)S(=O)(=O)c1ccc(C)cc1. The molecule has 39 heavy (non-hydrogen) atoms. The van der Waals surface area contributed by atoms with Crippen LogP contribution in [0.4, 0.5) is 5.69 Å². The Morgan fingerprint density at radius 3 is 2.31 bits per heavy atom. The Kier molecular flexibility index (Phi) is 10.4. The van der Waals surface area contributed by atoms with Crippen LogP contribution in [-0.4, -0.2) is 51.4 Å². The molecule has 1 N–H and O–H groups in total. The van der Waals surface area contributed by atoms with Crippen molar-refractivity contribution in [3.8, 4) is 5.75 Å². The topological polar surface area (TPSA) is 96.0 Å². The van der Waals surface area contributed by atoms with Crippen LogP contribution in [-0.2, 0) is 26.2 Å². The lowest BCUT2D eigenvalue weighted by molar-refractivity contribution is -0.140. The Morgan fingerprint density at radius 1 is 1.00 bits per heavy atom. The van der Waals surface area contributed by atoms with Crippen molar-refractivity contribution in [2.45, 2.75) is 44.7 Å². The van der Waals surface area contributed by atoms with Gasteiger partial charge in [0.2, 0.25) is 11.8 Å². The van der Waals surface area contributed by atoms with E-state index in [2.05, 4.69) is 5.32 Å². The first-order chi connectivity index (χ1) is 18.6. The predicted molar refractivity (Wildman–Crippen MR) is 153 cm³/mol. The predicted octanol–water partition coefficient (Wildman–Crippen LogP) is 4.80. The van der Waals surface area contributed by atoms with Gasteiger partial charge in [-0.3, -0.25) is 13.9 Å². The van der Waals surface area contributed by atoms with Crippen LogP contribution in [0.3, 0.4) is 0 Å². The van der Waals surface area contributed by atoms with E-state index in [1.54, 1.807) is 74.5 Å². The van der Waals surface area contributed by atoms with E-state index >= 15 is 0 Å². The van der Waals surface area contributed by atoms with E-state index in [9.17, 15) is 18.0 Å². The van der Waals surface area contributed by atoms with Crippen LogP contribution in [0.15, 0.2) is 77.7 Å². The molecule has 0 aromatic heterocycles. The Bertz CT molecular complexity index is 1400. The molecule has 3 aromatic rings. The highest BCUT2D eigenvalue weighted by Crippen LogP contribution is 2.28. The number of benzene rings is 3. The molecule has 0 aliphatic heterocycles. The molecule has 10 heteroatoms. The molecule has 3 aromatic carbocycles. The maximum Gasteiger partial charge on any atom is 0.264 e. The number of hydrogen-bond acceptors (Lipinski definition) is 5. The lowest BCUT2D eigenvalue weighted by Crippen LogP contribution is -2.52. The van der Waals surface area contributed by atoms with Crippen LogP contribution >= 0.6 is 11.6 Å². The molecule has 1 atom stereocenters. The molecule has 0 bridgehead atoms. The summed E-state index contributed by atoms with van der Waals surface area (Å²) < 4.78 is 34.2. The molecule has 0 aliphatic carbocycles. The Balaban J connectivity index is 2.09. The van der Waals surface area contributed by atoms with Gasteiger partial charge in [-0.05, 0) is 56.2 Å². The van der Waals surface area contributed by atoms with Gasteiger partial charge in [-0.25, -0.2) is 8.42 Å². The zero-order chi connectivity index (χ0) is 28.6. The molecule has 208 valence electrons. The van der Waals surface area contributed by atoms with E-state index in [4.69, 9.17) is 16.3 Å². The molecule has 0 spiro atoms. The molecule has 0 saturated carbocycles. The molecule has 0 heterocycles. The minimum absolute atomic E-state index is 0.0324. The summed E-state index contributed by atoms with van der Waals surface area (Å²) in [5.41, 5.74) is 1.80. The van der Waals surface area contributed by atoms with Crippen molar-refractivity contribution >= 4 is 39.1 Å². The van der Waals surface area contributed by atoms with Crippen LogP contribution in [0.1, 0.15) is 31.4 Å². The second-order valence-electron chi connectivity index (χ2n) is 8.96. The van der Waals surface area contributed by atoms with Crippen molar-refractivity contribution in [2.24, 2.45) is 0 Å². The number of aryl methyl sites for hydroxylation is 1. The van der Waals surface area contributed by atoms with Gasteiger partial charge in [0.05, 0.1) is 17.7 Å². The van der Waals surface area contributed by atoms with Crippen molar-refractivity contribution in [3.63, 3.8) is 0 Å². The van der Waals surface area contributed by atoms with Gasteiger partial charge in [-0.1, -0.05) is 60.5 Å². The van der Waals surface area contributed by atoms with Gasteiger partial charge in [0.15, 0.2) is 0 Å². The van der Waals surface area contributed by atoms with E-state index in [1.165, 1.54) is 24.1 Å². The number of nitrogens with zero attached hydrogens (tertiary/aromatic N) is 2. The normalized spacial score (nSPS) is 11.9. The maximum absolute atomic E-state index is 14.0. The molecule has 3 rings (SSSR count). The zero-order valence-electron chi connectivity index (χ0n) is 22.6. The molecule has 0 fully saturated rings. The van der Waals surface area contributed by atoms with Crippen molar-refractivity contribution in [1.82, 2.24) is 10.2 Å². The second-order valence-corrected chi connectivity index (χ2v) is 11.2. The van der Waals surface area contributed by atoms with Gasteiger partial charge in [-0.15, -0.1) is 0 Å². The van der Waals surface area contributed by atoms with Gasteiger partial charge in [0.1, 0.15) is 18.3 Å². The highest BCUT2D eigenvalue weighted by molar-refractivity contribution is 7.92. The fourth-order valence-electron chi connectivity index (χ4n) is 4.15. The highest BCUT2D eigenvalue weighted by Gasteiger charge is 2.34. The van der Waals surface area contributed by atoms with Crippen LogP contribution in [0.2, 0.25) is 5.02 Å². The van der Waals surface area contributed by atoms with Gasteiger partial charge in [-0.2, -0.15) is 0 Å². The summed E-state index contributed by atoms with van der Waals surface area (Å²) in [7, 11) is -2.69. The Labute approximate surface area is 235 Å². The quantitative estimate of drug-likeness (QED) is 0.337. The molecular weight excluding hydrogens is 538 g/mol. The third-order valence-corrected chi connectivity index (χ3v) is 8.42. The highest BCUT2D eigenvalue weighted by atomic mass is 35.5. The van der Waals surface area contributed by atoms with Crippen molar-refractivity contribution < 1.29 is 22.7 Å². The van der Waals surface area contributed by atoms with Gasteiger partial charge < -0.3 is 15.0 Å². The Hall–Kier alpha value is -3.56. The first kappa shape index (κ1) is 30.0. The standard InChI is InChI=1S/C29H34ClN3O5S/c1-5-27(29(35)31-6-2)32(19-22-10-7-8-13-26(22)30)28(34)20-33(23-11-9-12-24(18-23)38-4)39(36,37)25-16-14-21(3)15-17-25/h7-18,27H,5-6,19-20H2,1-4H3,(H,31,35)/t27-/m1/s1. The van der Waals surface area contributed by atoms with E-state index in [-0.39, 0.29) is 23.0 Å². The minimum atomic E-state index is -4.16. The van der Waals surface area contributed by atoms with E-state index < -0.39 is 28.5 Å². The number of carbonyl (C=O) groups excluding carboxylic acids is 2. The van der Waals surface area contributed by atoms with Gasteiger partial charge in [0.25, 0.3) is 10.0 Å².